The van der Waals surface area contributed by atoms with Gasteiger partial charge < -0.3 is 20.7 Å². The average molecular weight is 564 g/mol. The van der Waals surface area contributed by atoms with Gasteiger partial charge in [-0.3, -0.25) is 4.79 Å². The number of hydrogen-bond donors (Lipinski definition) is 2. The zero-order chi connectivity index (χ0) is 29.2. The number of anilines is 1. The van der Waals surface area contributed by atoms with Crippen molar-refractivity contribution in [2.75, 3.05) is 19.5 Å². The summed E-state index contributed by atoms with van der Waals surface area (Å²) < 4.78 is 31.8. The highest BCUT2D eigenvalue weighted by Gasteiger charge is 2.55. The SMILES string of the molecule is COC(=O)N(C)[C@H]1CC[C@H](CC(=O)Nc2cc(-c3ccccc3)c(-c3ccc(C4(N)CC(F)(F)C4)cc3)nn2)CC1. The fraction of sp³-hybridized carbons (Fsp3) is 0.419. The van der Waals surface area contributed by atoms with Gasteiger partial charge in [0.15, 0.2) is 5.82 Å². The molecular weight excluding hydrogens is 528 g/mol. The van der Waals surface area contributed by atoms with Gasteiger partial charge in [0.05, 0.1) is 12.6 Å². The average Bonchev–Trinajstić information content (AvgIpc) is 2.96. The van der Waals surface area contributed by atoms with Gasteiger partial charge in [-0.15, -0.1) is 10.2 Å². The van der Waals surface area contributed by atoms with Crippen LogP contribution in [0.1, 0.15) is 50.5 Å². The van der Waals surface area contributed by atoms with Crippen LogP contribution in [-0.2, 0) is 15.1 Å². The number of carbonyl (C=O) groups is 2. The lowest BCUT2D eigenvalue weighted by molar-refractivity contribution is -0.125. The molecule has 1 aromatic heterocycles. The summed E-state index contributed by atoms with van der Waals surface area (Å²) in [6.07, 6.45) is 2.62. The van der Waals surface area contributed by atoms with Crippen LogP contribution in [0.15, 0.2) is 60.7 Å². The summed E-state index contributed by atoms with van der Waals surface area (Å²) in [5, 5.41) is 11.7. The Balaban J connectivity index is 1.29. The van der Waals surface area contributed by atoms with Crippen LogP contribution in [0.4, 0.5) is 19.4 Å². The van der Waals surface area contributed by atoms with Crippen molar-refractivity contribution in [2.24, 2.45) is 11.7 Å². The summed E-state index contributed by atoms with van der Waals surface area (Å²) >= 11 is 0. The normalized spacial score (nSPS) is 20.9. The molecule has 2 aliphatic carbocycles. The van der Waals surface area contributed by atoms with E-state index in [1.54, 1.807) is 24.1 Å². The molecule has 0 radical (unpaired) electrons. The number of carbonyl (C=O) groups excluding carboxylic acids is 2. The lowest BCUT2D eigenvalue weighted by atomic mass is 9.70. The summed E-state index contributed by atoms with van der Waals surface area (Å²) in [5.41, 5.74) is 8.91. The number of amides is 2. The first-order valence-corrected chi connectivity index (χ1v) is 13.9. The zero-order valence-corrected chi connectivity index (χ0v) is 23.3. The minimum absolute atomic E-state index is 0.118. The second-order valence-electron chi connectivity index (χ2n) is 11.3. The number of hydrogen-bond acceptors (Lipinski definition) is 6. The Hall–Kier alpha value is -3.92. The van der Waals surface area contributed by atoms with E-state index in [0.717, 1.165) is 42.4 Å². The summed E-state index contributed by atoms with van der Waals surface area (Å²) in [7, 11) is 3.12. The van der Waals surface area contributed by atoms with Crippen molar-refractivity contribution in [2.45, 2.75) is 62.4 Å². The Morgan fingerprint density at radius 1 is 1.00 bits per heavy atom. The maximum atomic E-state index is 13.5. The number of halogens is 2. The van der Waals surface area contributed by atoms with E-state index in [1.165, 1.54) is 7.11 Å². The van der Waals surface area contributed by atoms with Crippen LogP contribution in [0.5, 0.6) is 0 Å². The van der Waals surface area contributed by atoms with Gasteiger partial charge in [-0.1, -0.05) is 54.6 Å². The molecule has 8 nitrogen and oxygen atoms in total. The molecule has 10 heteroatoms. The van der Waals surface area contributed by atoms with Crippen molar-refractivity contribution in [3.8, 4) is 22.4 Å². The van der Waals surface area contributed by atoms with Gasteiger partial charge in [0.25, 0.3) is 5.92 Å². The van der Waals surface area contributed by atoms with Gasteiger partial charge in [-0.25, -0.2) is 13.6 Å². The topological polar surface area (TPSA) is 110 Å². The van der Waals surface area contributed by atoms with Gasteiger partial charge in [-0.05, 0) is 48.8 Å². The molecule has 41 heavy (non-hydrogen) atoms. The highest BCUT2D eigenvalue weighted by Crippen LogP contribution is 2.50. The number of nitrogens with two attached hydrogens (primary N) is 1. The van der Waals surface area contributed by atoms with E-state index in [0.29, 0.717) is 23.5 Å². The Morgan fingerprint density at radius 3 is 2.27 bits per heavy atom. The minimum atomic E-state index is -2.72. The maximum Gasteiger partial charge on any atom is 0.409 e. The third-order valence-corrected chi connectivity index (χ3v) is 8.33. The van der Waals surface area contributed by atoms with E-state index < -0.39 is 11.5 Å². The fourth-order valence-corrected chi connectivity index (χ4v) is 6.02. The molecule has 0 spiro atoms. The lowest BCUT2D eigenvalue weighted by Crippen LogP contribution is -2.55. The number of alkyl halides is 2. The third kappa shape index (κ3) is 6.37. The number of aromatic nitrogens is 2. The quantitative estimate of drug-likeness (QED) is 0.366. The van der Waals surface area contributed by atoms with Crippen molar-refractivity contribution in [3.05, 3.63) is 66.2 Å². The Kier molecular flexibility index (Phi) is 8.04. The van der Waals surface area contributed by atoms with Crippen LogP contribution < -0.4 is 11.1 Å². The largest absolute Gasteiger partial charge is 0.453 e. The number of rotatable bonds is 7. The predicted octanol–water partition coefficient (Wildman–Crippen LogP) is 5.98. The first-order valence-electron chi connectivity index (χ1n) is 13.9. The third-order valence-electron chi connectivity index (χ3n) is 8.33. The maximum absolute atomic E-state index is 13.5. The van der Waals surface area contributed by atoms with Crippen molar-refractivity contribution in [1.29, 1.82) is 0 Å². The first-order chi connectivity index (χ1) is 19.6. The number of benzene rings is 2. The molecule has 2 saturated carbocycles. The van der Waals surface area contributed by atoms with E-state index in [-0.39, 0.29) is 36.8 Å². The summed E-state index contributed by atoms with van der Waals surface area (Å²) in [5.74, 6) is -2.28. The monoisotopic (exact) mass is 563 g/mol. The van der Waals surface area contributed by atoms with Crippen LogP contribution in [0.25, 0.3) is 22.4 Å². The van der Waals surface area contributed by atoms with E-state index >= 15 is 0 Å². The van der Waals surface area contributed by atoms with Gasteiger partial charge in [-0.2, -0.15) is 0 Å². The predicted molar refractivity (Wildman–Crippen MR) is 152 cm³/mol. The lowest BCUT2D eigenvalue weighted by Gasteiger charge is -2.44. The molecule has 2 aliphatic rings. The van der Waals surface area contributed by atoms with E-state index in [4.69, 9.17) is 10.5 Å². The van der Waals surface area contributed by atoms with Crippen molar-refractivity contribution in [1.82, 2.24) is 15.1 Å². The molecule has 2 fully saturated rings. The molecule has 2 amide bonds. The van der Waals surface area contributed by atoms with Gasteiger partial charge in [0.2, 0.25) is 5.91 Å². The Bertz CT molecular complexity index is 1380. The molecule has 3 N–H and O–H groups in total. The molecule has 2 aromatic carbocycles. The number of nitrogens with zero attached hydrogens (tertiary/aromatic N) is 3. The molecule has 0 bridgehead atoms. The smallest absolute Gasteiger partial charge is 0.409 e. The standard InChI is InChI=1S/C31H35F2N5O3/c1-38(29(40)41-2)24-14-8-20(9-15-24)16-27(39)35-26-17-25(21-6-4-3-5-7-21)28(37-36-26)22-10-12-23(13-11-22)30(34)18-31(32,33)19-30/h3-7,10-13,17,20,24H,8-9,14-16,18-19,34H2,1-2H3,(H,35,36,39)/t20-,24-. The highest BCUT2D eigenvalue weighted by atomic mass is 19.3. The minimum Gasteiger partial charge on any atom is -0.453 e. The van der Waals surface area contributed by atoms with Gasteiger partial charge in [0.1, 0.15) is 5.69 Å². The number of ether oxygens (including phenoxy) is 1. The van der Waals surface area contributed by atoms with E-state index in [1.807, 2.05) is 48.5 Å². The molecule has 216 valence electrons. The first kappa shape index (κ1) is 28.6. The van der Waals surface area contributed by atoms with Gasteiger partial charge >= 0.3 is 6.09 Å². The second-order valence-corrected chi connectivity index (χ2v) is 11.3. The van der Waals surface area contributed by atoms with E-state index in [2.05, 4.69) is 15.5 Å². The fourth-order valence-electron chi connectivity index (χ4n) is 6.02. The van der Waals surface area contributed by atoms with Crippen molar-refractivity contribution in [3.63, 3.8) is 0 Å². The summed E-state index contributed by atoms with van der Waals surface area (Å²) in [6.45, 7) is 0. The molecule has 0 atom stereocenters. The molecule has 1 heterocycles. The van der Waals surface area contributed by atoms with Gasteiger partial charge in [0, 0.05) is 43.5 Å². The number of methoxy groups -OCH3 is 1. The summed E-state index contributed by atoms with van der Waals surface area (Å²) in [4.78, 5) is 26.4. The molecule has 0 saturated heterocycles. The van der Waals surface area contributed by atoms with Crippen LogP contribution in [0.2, 0.25) is 0 Å². The molecule has 5 rings (SSSR count). The van der Waals surface area contributed by atoms with E-state index in [9.17, 15) is 18.4 Å². The molecular formula is C31H35F2N5O3. The highest BCUT2D eigenvalue weighted by molar-refractivity contribution is 5.91. The Labute approximate surface area is 238 Å². The molecule has 3 aromatic rings. The molecule has 0 aliphatic heterocycles. The second kappa shape index (κ2) is 11.5. The van der Waals surface area contributed by atoms with Crippen LogP contribution in [-0.4, -0.2) is 53.2 Å². The van der Waals surface area contributed by atoms with Crippen LogP contribution in [0.3, 0.4) is 0 Å². The Morgan fingerprint density at radius 2 is 1.66 bits per heavy atom. The number of nitrogens with one attached hydrogen (secondary N) is 1. The van der Waals surface area contributed by atoms with Crippen LogP contribution in [0, 0.1) is 5.92 Å². The zero-order valence-electron chi connectivity index (χ0n) is 23.3. The van der Waals surface area contributed by atoms with Crippen molar-refractivity contribution < 1.29 is 23.1 Å². The van der Waals surface area contributed by atoms with Crippen molar-refractivity contribution >= 4 is 17.8 Å². The molecule has 0 unspecified atom stereocenters. The summed E-state index contributed by atoms with van der Waals surface area (Å²) in [6, 6.07) is 18.8. The van der Waals surface area contributed by atoms with Crippen LogP contribution >= 0.6 is 0 Å².